The third kappa shape index (κ3) is 6.74. The van der Waals surface area contributed by atoms with Crippen LogP contribution in [0.4, 0.5) is 9.59 Å². The average molecular weight is 835 g/mol. The quantitative estimate of drug-likeness (QED) is 0.133. The van der Waals surface area contributed by atoms with E-state index in [9.17, 15) is 19.2 Å². The van der Waals surface area contributed by atoms with Crippen molar-refractivity contribution in [1.82, 2.24) is 40.4 Å². The Morgan fingerprint density at radius 1 is 0.689 bits per heavy atom. The number of fused-ring (bicyclic) bond motifs is 5. The van der Waals surface area contributed by atoms with Crippen LogP contribution in [0.1, 0.15) is 77.9 Å². The Morgan fingerprint density at radius 2 is 1.15 bits per heavy atom. The van der Waals surface area contributed by atoms with E-state index in [-0.39, 0.29) is 30.4 Å². The van der Waals surface area contributed by atoms with Crippen LogP contribution in [0.3, 0.4) is 0 Å². The standard InChI is InChI=1S/C45H54N8O8/c1-24(2)34(50-42(56)58-5)38(54)52-21-26-13-15-44(52,17-26)40-46-19-32(48-40)29-9-7-28(8-10-29)30-11-12-31(37-36(30)60-23-61-37)33-20-47-41(49-33)45-16-14-27(18-45)22-53(45)39(55)35(25(3)4)51-43(57)59-6/h7-12,19-20,24-27,34-35H,13-18,21-23H2,1-6H3,(H,46,48)(H,47,49)(H,50,56)(H,51,57)/t26-,27-,34-,35-,44-,45-/m0/s1. The molecule has 0 unspecified atom stereocenters. The highest BCUT2D eigenvalue weighted by atomic mass is 16.7. The molecule has 5 heterocycles. The molecule has 5 aliphatic rings. The lowest BCUT2D eigenvalue weighted by Crippen LogP contribution is -2.56. The highest BCUT2D eigenvalue weighted by molar-refractivity contribution is 5.88. The van der Waals surface area contributed by atoms with E-state index in [0.717, 1.165) is 83.8 Å². The van der Waals surface area contributed by atoms with Crippen molar-refractivity contribution in [3.05, 3.63) is 60.4 Å². The minimum absolute atomic E-state index is 0.0752. The third-order valence-electron chi connectivity index (χ3n) is 13.8. The van der Waals surface area contributed by atoms with Gasteiger partial charge in [-0.3, -0.25) is 9.59 Å². The second kappa shape index (κ2) is 15.4. The molecule has 2 aromatic heterocycles. The topological polar surface area (TPSA) is 193 Å². The molecule has 2 saturated carbocycles. The summed E-state index contributed by atoms with van der Waals surface area (Å²) in [5, 5.41) is 5.50. The molecular weight excluding hydrogens is 781 g/mol. The number of hydrogen-bond donors (Lipinski definition) is 4. The van der Waals surface area contributed by atoms with E-state index in [0.29, 0.717) is 36.4 Å². The number of aromatic nitrogens is 4. The van der Waals surface area contributed by atoms with Crippen LogP contribution in [0, 0.1) is 23.7 Å². The van der Waals surface area contributed by atoms with Crippen LogP contribution in [0.25, 0.3) is 33.6 Å². The summed E-state index contributed by atoms with van der Waals surface area (Å²) in [5.41, 5.74) is 4.02. The first-order valence-electron chi connectivity index (χ1n) is 21.3. The number of alkyl carbamates (subject to hydrolysis) is 2. The smallest absolute Gasteiger partial charge is 0.407 e. The first-order chi connectivity index (χ1) is 29.3. The van der Waals surface area contributed by atoms with E-state index in [1.165, 1.54) is 14.2 Å². The maximum atomic E-state index is 14.0. The number of amides is 4. The fraction of sp³-hybridized carbons (Fsp3) is 0.511. The lowest BCUT2D eigenvalue weighted by Gasteiger charge is -2.40. The monoisotopic (exact) mass is 834 g/mol. The first-order valence-corrected chi connectivity index (χ1v) is 21.3. The number of piperidine rings is 2. The van der Waals surface area contributed by atoms with Gasteiger partial charge in [0.2, 0.25) is 18.6 Å². The number of likely N-dealkylation sites (tertiary alicyclic amines) is 2. The van der Waals surface area contributed by atoms with Crippen molar-refractivity contribution in [2.45, 2.75) is 89.4 Å². The number of methoxy groups -OCH3 is 2. The fourth-order valence-corrected chi connectivity index (χ4v) is 10.6. The van der Waals surface area contributed by atoms with Crippen molar-refractivity contribution in [2.24, 2.45) is 23.7 Å². The molecule has 4 N–H and O–H groups in total. The highest BCUT2D eigenvalue weighted by Crippen LogP contribution is 2.55. The van der Waals surface area contributed by atoms with Gasteiger partial charge in [-0.05, 0) is 85.5 Å². The van der Waals surface area contributed by atoms with Crippen molar-refractivity contribution < 1.29 is 38.1 Å². The van der Waals surface area contributed by atoms with Gasteiger partial charge in [-0.15, -0.1) is 0 Å². The Bertz CT molecular complexity index is 2360. The minimum atomic E-state index is -0.720. The second-order valence-corrected chi connectivity index (χ2v) is 18.0. The molecule has 61 heavy (non-hydrogen) atoms. The highest BCUT2D eigenvalue weighted by Gasteiger charge is 2.58. The molecule has 4 fully saturated rings. The number of carbonyl (C=O) groups is 4. The van der Waals surface area contributed by atoms with Gasteiger partial charge >= 0.3 is 12.2 Å². The summed E-state index contributed by atoms with van der Waals surface area (Å²) in [5.74, 6) is 2.97. The lowest BCUT2D eigenvalue weighted by atomic mass is 9.93. The SMILES string of the molecule is COC(=O)N[C@H](C(=O)N1C[C@H]2CC[C@@]1(c1ncc(-c3ccc(-c4ccc(-c5cnc([C@@]67CC[C@H](CN6C(=O)[C@@H](NC(=O)OC)C(C)C)C7)[nH]5)c5c4OCO5)cc3)[nH]1)C2)C(C)C. The van der Waals surface area contributed by atoms with Gasteiger partial charge in [-0.2, -0.15) is 0 Å². The van der Waals surface area contributed by atoms with Gasteiger partial charge in [0.1, 0.15) is 34.8 Å². The van der Waals surface area contributed by atoms with Crippen molar-refractivity contribution in [3.8, 4) is 45.1 Å². The number of ether oxygens (including phenoxy) is 4. The normalized spacial score (nSPS) is 24.4. The van der Waals surface area contributed by atoms with Gasteiger partial charge in [-0.25, -0.2) is 19.6 Å². The number of imidazole rings is 2. The summed E-state index contributed by atoms with van der Waals surface area (Å²) in [6, 6.07) is 10.8. The van der Waals surface area contributed by atoms with Gasteiger partial charge in [0.15, 0.2) is 11.5 Å². The van der Waals surface area contributed by atoms with E-state index in [1.54, 1.807) is 6.20 Å². The van der Waals surface area contributed by atoms with Gasteiger partial charge in [0.05, 0.1) is 38.0 Å². The van der Waals surface area contributed by atoms with E-state index in [4.69, 9.17) is 28.9 Å². The van der Waals surface area contributed by atoms with Crippen molar-refractivity contribution in [1.29, 1.82) is 0 Å². The maximum Gasteiger partial charge on any atom is 0.407 e. The fourth-order valence-electron chi connectivity index (χ4n) is 10.6. The summed E-state index contributed by atoms with van der Waals surface area (Å²) < 4.78 is 21.9. The van der Waals surface area contributed by atoms with E-state index in [1.807, 2.05) is 80.1 Å². The zero-order valence-electron chi connectivity index (χ0n) is 35.5. The van der Waals surface area contributed by atoms with Gasteiger partial charge < -0.3 is 49.3 Å². The summed E-state index contributed by atoms with van der Waals surface area (Å²) >= 11 is 0. The van der Waals surface area contributed by atoms with Crippen LogP contribution in [0.2, 0.25) is 0 Å². The average Bonchev–Trinajstić information content (AvgIpc) is 4.13. The third-order valence-corrected chi connectivity index (χ3v) is 13.8. The molecule has 0 radical (unpaired) electrons. The van der Waals surface area contributed by atoms with Gasteiger partial charge in [-0.1, -0.05) is 52.0 Å². The summed E-state index contributed by atoms with van der Waals surface area (Å²) in [6.45, 7) is 8.98. The number of nitrogens with zero attached hydrogens (tertiary/aromatic N) is 4. The Hall–Kier alpha value is -6.06. The molecule has 4 amide bonds. The van der Waals surface area contributed by atoms with E-state index >= 15 is 0 Å². The molecule has 6 atom stereocenters. The van der Waals surface area contributed by atoms with Crippen molar-refractivity contribution in [3.63, 3.8) is 0 Å². The van der Waals surface area contributed by atoms with E-state index < -0.39 is 35.3 Å². The van der Waals surface area contributed by atoms with Crippen molar-refractivity contribution in [2.75, 3.05) is 34.1 Å². The minimum Gasteiger partial charge on any atom is -0.453 e. The summed E-state index contributed by atoms with van der Waals surface area (Å²) in [6.07, 6.45) is 7.59. The Balaban J connectivity index is 0.945. The molecule has 16 nitrogen and oxygen atoms in total. The summed E-state index contributed by atoms with van der Waals surface area (Å²) in [7, 11) is 2.60. The zero-order valence-corrected chi connectivity index (χ0v) is 35.5. The molecule has 322 valence electrons. The number of carbonyl (C=O) groups excluding carboxylic acids is 4. The number of H-pyrrole nitrogens is 2. The molecule has 2 saturated heterocycles. The molecule has 0 spiro atoms. The largest absolute Gasteiger partial charge is 0.453 e. The maximum absolute atomic E-state index is 14.0. The molecule has 2 aliphatic carbocycles. The second-order valence-electron chi connectivity index (χ2n) is 18.0. The van der Waals surface area contributed by atoms with Gasteiger partial charge in [0.25, 0.3) is 0 Å². The van der Waals surface area contributed by atoms with Crippen LogP contribution in [0.15, 0.2) is 48.8 Å². The Kier molecular flexibility index (Phi) is 10.2. The lowest BCUT2D eigenvalue weighted by molar-refractivity contribution is -0.141. The van der Waals surface area contributed by atoms with Crippen LogP contribution < -0.4 is 20.1 Å². The molecule has 16 heteroatoms. The number of benzene rings is 2. The number of aromatic amines is 2. The van der Waals surface area contributed by atoms with Crippen LogP contribution in [-0.2, 0) is 30.1 Å². The molecule has 2 aromatic carbocycles. The predicted octanol–water partition coefficient (Wildman–Crippen LogP) is 6.30. The van der Waals surface area contributed by atoms with E-state index in [2.05, 4.69) is 20.6 Å². The van der Waals surface area contributed by atoms with Crippen LogP contribution in [-0.4, -0.2) is 99.9 Å². The molecule has 4 bridgehead atoms. The first kappa shape index (κ1) is 40.4. The molecule has 9 rings (SSSR count). The number of hydrogen-bond acceptors (Lipinski definition) is 10. The summed E-state index contributed by atoms with van der Waals surface area (Å²) in [4.78, 5) is 73.1. The van der Waals surface area contributed by atoms with Crippen LogP contribution in [0.5, 0.6) is 11.5 Å². The van der Waals surface area contributed by atoms with Crippen LogP contribution >= 0.6 is 0 Å². The zero-order chi connectivity index (χ0) is 42.8. The molecular formula is C45H54N8O8. The van der Waals surface area contributed by atoms with Gasteiger partial charge in [0, 0.05) is 24.2 Å². The van der Waals surface area contributed by atoms with Crippen molar-refractivity contribution >= 4 is 24.0 Å². The number of rotatable bonds is 11. The predicted molar refractivity (Wildman–Crippen MR) is 223 cm³/mol. The molecule has 3 aliphatic heterocycles. The number of nitrogens with one attached hydrogen (secondary N) is 4. The Labute approximate surface area is 354 Å². The molecule has 4 aromatic rings. The Morgan fingerprint density at radius 3 is 1.64 bits per heavy atom.